The number of non-ortho nitro benzene ring substituents is 1. The van der Waals surface area contributed by atoms with E-state index in [1.165, 1.54) is 17.0 Å². The smallest absolute Gasteiger partial charge is 0.407 e. The van der Waals surface area contributed by atoms with E-state index in [-0.39, 0.29) is 47.3 Å². The molecular formula is C24H25FN4O6. The zero-order valence-corrected chi connectivity index (χ0v) is 19.0. The lowest BCUT2D eigenvalue weighted by molar-refractivity contribution is -0.384. The number of fused-ring (bicyclic) bond motifs is 2. The van der Waals surface area contributed by atoms with Crippen molar-refractivity contribution in [2.24, 2.45) is 0 Å². The number of carbonyl (C=O) groups excluding carboxylic acids is 1. The number of hydrogen-bond donors (Lipinski definition) is 3. The number of hydrogen-bond acceptors (Lipinski definition) is 8. The molecule has 184 valence electrons. The largest absolute Gasteiger partial charge is 0.506 e. The van der Waals surface area contributed by atoms with Gasteiger partial charge in [0.05, 0.1) is 28.5 Å². The molecule has 0 saturated carbocycles. The summed E-state index contributed by atoms with van der Waals surface area (Å²) in [6, 6.07) is 12.1. The summed E-state index contributed by atoms with van der Waals surface area (Å²) in [5.74, 6) is -0.740. The van der Waals surface area contributed by atoms with Gasteiger partial charge in [-0.05, 0) is 23.9 Å². The second-order valence-corrected chi connectivity index (χ2v) is 8.06. The molecule has 1 amide bonds. The molecule has 0 aliphatic carbocycles. The summed E-state index contributed by atoms with van der Waals surface area (Å²) < 4.78 is 26.6. The van der Waals surface area contributed by atoms with Crippen molar-refractivity contribution in [2.45, 2.75) is 25.9 Å². The van der Waals surface area contributed by atoms with Gasteiger partial charge >= 0.3 is 6.16 Å². The average Bonchev–Trinajstić information content (AvgIpc) is 3.18. The van der Waals surface area contributed by atoms with Crippen molar-refractivity contribution in [3.8, 4) is 11.5 Å². The van der Waals surface area contributed by atoms with Crippen LogP contribution in [0, 0.1) is 10.1 Å². The van der Waals surface area contributed by atoms with Crippen LogP contribution in [0.15, 0.2) is 48.5 Å². The Hall–Kier alpha value is -4.12. The van der Waals surface area contributed by atoms with Crippen molar-refractivity contribution in [1.29, 1.82) is 0 Å². The number of rotatable bonds is 9. The molecule has 1 atom stereocenters. The maximum atomic E-state index is 15.8. The van der Waals surface area contributed by atoms with Crippen LogP contribution in [-0.2, 0) is 0 Å². The molecule has 1 unspecified atom stereocenters. The van der Waals surface area contributed by atoms with Gasteiger partial charge in [0.25, 0.3) is 11.6 Å². The zero-order valence-electron chi connectivity index (χ0n) is 19.0. The van der Waals surface area contributed by atoms with E-state index in [1.54, 1.807) is 30.3 Å². The highest BCUT2D eigenvalue weighted by Gasteiger charge is 2.45. The van der Waals surface area contributed by atoms with Gasteiger partial charge < -0.3 is 25.2 Å². The second kappa shape index (κ2) is 9.63. The molecule has 3 aromatic rings. The molecule has 1 heterocycles. The first-order valence-corrected chi connectivity index (χ1v) is 11.1. The highest BCUT2D eigenvalue weighted by Crippen LogP contribution is 2.43. The summed E-state index contributed by atoms with van der Waals surface area (Å²) in [4.78, 5) is 25.4. The Morgan fingerprint density at radius 1 is 1.29 bits per heavy atom. The van der Waals surface area contributed by atoms with Crippen LogP contribution >= 0.6 is 0 Å². The second-order valence-electron chi connectivity index (χ2n) is 8.06. The van der Waals surface area contributed by atoms with Crippen LogP contribution < -0.4 is 20.5 Å². The Morgan fingerprint density at radius 2 is 2.06 bits per heavy atom. The Kier molecular flexibility index (Phi) is 6.61. The quantitative estimate of drug-likeness (QED) is 0.179. The van der Waals surface area contributed by atoms with Crippen molar-refractivity contribution < 1.29 is 28.7 Å². The van der Waals surface area contributed by atoms with Crippen molar-refractivity contribution in [3.63, 3.8) is 0 Å². The number of benzene rings is 3. The number of aliphatic hydroxyl groups excluding tert-OH is 1. The molecule has 1 aliphatic heterocycles. The van der Waals surface area contributed by atoms with Crippen molar-refractivity contribution in [1.82, 2.24) is 4.90 Å². The minimum atomic E-state index is -2.98. The Labute approximate surface area is 200 Å². The fourth-order valence-electron chi connectivity index (χ4n) is 3.90. The summed E-state index contributed by atoms with van der Waals surface area (Å²) >= 11 is 0. The van der Waals surface area contributed by atoms with Gasteiger partial charge in [-0.3, -0.25) is 20.2 Å². The Balaban J connectivity index is 1.75. The summed E-state index contributed by atoms with van der Waals surface area (Å²) in [6.45, 7) is 2.19. The fraction of sp³-hybridized carbons (Fsp3) is 0.292. The third-order valence-corrected chi connectivity index (χ3v) is 5.64. The molecule has 4 rings (SSSR count). The fourth-order valence-corrected chi connectivity index (χ4v) is 3.90. The molecular weight excluding hydrogens is 459 g/mol. The van der Waals surface area contributed by atoms with Gasteiger partial charge in [-0.25, -0.2) is 0 Å². The van der Waals surface area contributed by atoms with Gasteiger partial charge in [-0.15, -0.1) is 4.39 Å². The van der Waals surface area contributed by atoms with Crippen LogP contribution in [0.4, 0.5) is 21.5 Å². The minimum absolute atomic E-state index is 0.00445. The number of aliphatic hydroxyl groups is 1. The number of nitrogens with one attached hydrogen (secondary N) is 1. The monoisotopic (exact) mass is 484 g/mol. The molecule has 0 saturated heterocycles. The first-order chi connectivity index (χ1) is 16.8. The van der Waals surface area contributed by atoms with E-state index >= 15 is 4.39 Å². The van der Waals surface area contributed by atoms with E-state index < -0.39 is 17.0 Å². The number of carbonyl (C=O) groups is 1. The van der Waals surface area contributed by atoms with Gasteiger partial charge in [-0.2, -0.15) is 0 Å². The lowest BCUT2D eigenvalue weighted by Crippen LogP contribution is -2.42. The number of nitro groups is 1. The number of alkyl halides is 1. The zero-order chi connectivity index (χ0) is 25.2. The van der Waals surface area contributed by atoms with E-state index in [1.807, 2.05) is 6.92 Å². The van der Waals surface area contributed by atoms with Crippen LogP contribution in [0.5, 0.6) is 11.5 Å². The first kappa shape index (κ1) is 24.0. The van der Waals surface area contributed by atoms with Gasteiger partial charge in [0.15, 0.2) is 11.5 Å². The molecule has 1 aliphatic rings. The van der Waals surface area contributed by atoms with Crippen LogP contribution in [0.1, 0.15) is 30.1 Å². The number of anilines is 2. The predicted molar refractivity (Wildman–Crippen MR) is 128 cm³/mol. The summed E-state index contributed by atoms with van der Waals surface area (Å²) in [7, 11) is 0. The summed E-state index contributed by atoms with van der Waals surface area (Å²) in [5, 5.41) is 24.1. The highest BCUT2D eigenvalue weighted by atomic mass is 19.2. The maximum absolute atomic E-state index is 15.8. The predicted octanol–water partition coefficient (Wildman–Crippen LogP) is 4.03. The standard InChI is InChI=1S/C24H25FN4O6/c1-2-3-10-28(11-12-30)23(31)18-13-15-6-4-5-7-17(15)21(26)22(18)35-24(25)27-19-14-16(29(32)33)8-9-20(19)34-24/h4-9,13-14,27,30H,2-3,10-12,26H2,1H3. The normalized spacial score (nSPS) is 16.3. The van der Waals surface area contributed by atoms with Crippen LogP contribution in [-0.4, -0.2) is 46.7 Å². The number of nitrogens with two attached hydrogens (primary N) is 1. The van der Waals surface area contributed by atoms with Gasteiger partial charge in [0.1, 0.15) is 0 Å². The number of unbranched alkanes of at least 4 members (excludes halogenated alkanes) is 1. The summed E-state index contributed by atoms with van der Waals surface area (Å²) in [6.07, 6.45) is -1.45. The topological polar surface area (TPSA) is 140 Å². The molecule has 0 radical (unpaired) electrons. The number of nitrogens with zero attached hydrogens (tertiary/aromatic N) is 2. The van der Waals surface area contributed by atoms with E-state index in [2.05, 4.69) is 5.32 Å². The molecule has 35 heavy (non-hydrogen) atoms. The molecule has 4 N–H and O–H groups in total. The van der Waals surface area contributed by atoms with Gasteiger partial charge in [0, 0.05) is 30.6 Å². The van der Waals surface area contributed by atoms with Crippen LogP contribution in [0.3, 0.4) is 0 Å². The average molecular weight is 484 g/mol. The lowest BCUT2D eigenvalue weighted by atomic mass is 10.0. The van der Waals surface area contributed by atoms with Gasteiger partial charge in [-0.1, -0.05) is 37.6 Å². The number of ether oxygens (including phenoxy) is 2. The van der Waals surface area contributed by atoms with Crippen LogP contribution in [0.2, 0.25) is 0 Å². The van der Waals surface area contributed by atoms with E-state index in [4.69, 9.17) is 15.2 Å². The summed E-state index contributed by atoms with van der Waals surface area (Å²) in [5.41, 5.74) is 6.12. The third kappa shape index (κ3) is 4.76. The molecule has 10 nitrogen and oxygen atoms in total. The number of amides is 1. The minimum Gasteiger partial charge on any atom is -0.407 e. The van der Waals surface area contributed by atoms with Gasteiger partial charge in [0.2, 0.25) is 0 Å². The van der Waals surface area contributed by atoms with Crippen molar-refractivity contribution >= 4 is 33.7 Å². The van der Waals surface area contributed by atoms with Crippen molar-refractivity contribution in [2.75, 3.05) is 30.7 Å². The molecule has 3 aromatic carbocycles. The first-order valence-electron chi connectivity index (χ1n) is 11.1. The van der Waals surface area contributed by atoms with E-state index in [9.17, 15) is 20.0 Å². The Morgan fingerprint density at radius 3 is 2.77 bits per heavy atom. The number of halogens is 1. The van der Waals surface area contributed by atoms with E-state index in [0.29, 0.717) is 23.7 Å². The SMILES string of the molecule is CCCCN(CCO)C(=O)c1cc2ccccc2c(N)c1OC1(F)Nc2cc([N+](=O)[O-])ccc2O1. The number of nitrogen functional groups attached to an aromatic ring is 1. The highest BCUT2D eigenvalue weighted by molar-refractivity contribution is 6.07. The molecule has 11 heteroatoms. The molecule has 0 bridgehead atoms. The Bertz CT molecular complexity index is 1290. The maximum Gasteiger partial charge on any atom is 0.506 e. The number of nitro benzene ring substituents is 1. The van der Waals surface area contributed by atoms with Crippen molar-refractivity contribution in [3.05, 3.63) is 64.2 Å². The molecule has 0 aromatic heterocycles. The van der Waals surface area contributed by atoms with E-state index in [0.717, 1.165) is 12.5 Å². The third-order valence-electron chi connectivity index (χ3n) is 5.64. The molecule has 0 fully saturated rings. The van der Waals surface area contributed by atoms with Crippen LogP contribution in [0.25, 0.3) is 10.8 Å². The lowest BCUT2D eigenvalue weighted by Gasteiger charge is -2.26. The molecule has 0 spiro atoms.